The quantitative estimate of drug-likeness (QED) is 0.555. The number of anilines is 1. The van der Waals surface area contributed by atoms with Gasteiger partial charge in [-0.05, 0) is 30.9 Å². The Morgan fingerprint density at radius 2 is 2.00 bits per heavy atom. The van der Waals surface area contributed by atoms with E-state index in [0.29, 0.717) is 6.42 Å². The van der Waals surface area contributed by atoms with Crippen molar-refractivity contribution in [3.8, 4) is 0 Å². The molecular formula is C11H15NO2. The molecule has 0 aliphatic heterocycles. The van der Waals surface area contributed by atoms with Crippen molar-refractivity contribution in [2.75, 3.05) is 5.73 Å². The van der Waals surface area contributed by atoms with Gasteiger partial charge >= 0.3 is 5.97 Å². The molecule has 0 atom stereocenters. The first-order valence-corrected chi connectivity index (χ1v) is 4.75. The molecule has 1 rings (SSSR count). The molecule has 0 saturated carbocycles. The number of hydrogen-bond acceptors (Lipinski definition) is 2. The van der Waals surface area contributed by atoms with Crippen molar-refractivity contribution in [1.29, 1.82) is 0 Å². The van der Waals surface area contributed by atoms with E-state index in [2.05, 4.69) is 0 Å². The van der Waals surface area contributed by atoms with E-state index in [1.807, 2.05) is 24.3 Å². The van der Waals surface area contributed by atoms with E-state index < -0.39 is 5.97 Å². The van der Waals surface area contributed by atoms with Gasteiger partial charge in [0.2, 0.25) is 0 Å². The zero-order valence-corrected chi connectivity index (χ0v) is 8.07. The van der Waals surface area contributed by atoms with Gasteiger partial charge in [-0.2, -0.15) is 0 Å². The molecule has 76 valence electrons. The number of aryl methyl sites for hydroxylation is 1. The van der Waals surface area contributed by atoms with Gasteiger partial charge in [-0.15, -0.1) is 0 Å². The first kappa shape index (κ1) is 10.6. The van der Waals surface area contributed by atoms with Crippen molar-refractivity contribution in [2.24, 2.45) is 0 Å². The fraction of sp³-hybridized carbons (Fsp3) is 0.364. The van der Waals surface area contributed by atoms with Crippen LogP contribution in [0.2, 0.25) is 0 Å². The summed E-state index contributed by atoms with van der Waals surface area (Å²) in [5.41, 5.74) is 7.65. The van der Waals surface area contributed by atoms with Crippen LogP contribution < -0.4 is 5.73 Å². The van der Waals surface area contributed by atoms with Crippen LogP contribution in [0.4, 0.5) is 5.69 Å². The summed E-state index contributed by atoms with van der Waals surface area (Å²) >= 11 is 0. The minimum Gasteiger partial charge on any atom is -0.481 e. The summed E-state index contributed by atoms with van der Waals surface area (Å²) in [6.45, 7) is 0. The topological polar surface area (TPSA) is 63.3 Å². The number of hydrogen-bond donors (Lipinski definition) is 2. The van der Waals surface area contributed by atoms with E-state index in [1.165, 1.54) is 0 Å². The molecule has 1 aromatic rings. The molecule has 1 aromatic carbocycles. The summed E-state index contributed by atoms with van der Waals surface area (Å²) in [7, 11) is 0. The molecule has 0 amide bonds. The van der Waals surface area contributed by atoms with Gasteiger partial charge in [0.05, 0.1) is 0 Å². The van der Waals surface area contributed by atoms with Gasteiger partial charge in [0.15, 0.2) is 0 Å². The Bertz CT molecular complexity index is 310. The molecule has 14 heavy (non-hydrogen) atoms. The molecule has 0 spiro atoms. The molecule has 0 bridgehead atoms. The fourth-order valence-electron chi connectivity index (χ4n) is 1.35. The molecule has 3 nitrogen and oxygen atoms in total. The number of nitrogens with two attached hydrogens (primary N) is 1. The Morgan fingerprint density at radius 1 is 1.29 bits per heavy atom. The lowest BCUT2D eigenvalue weighted by Gasteiger charge is -2.03. The lowest BCUT2D eigenvalue weighted by atomic mass is 10.1. The fourth-order valence-corrected chi connectivity index (χ4v) is 1.35. The smallest absolute Gasteiger partial charge is 0.303 e. The average Bonchev–Trinajstić information content (AvgIpc) is 2.15. The van der Waals surface area contributed by atoms with Crippen LogP contribution in [-0.4, -0.2) is 11.1 Å². The second kappa shape index (κ2) is 5.27. The summed E-state index contributed by atoms with van der Waals surface area (Å²) < 4.78 is 0. The summed E-state index contributed by atoms with van der Waals surface area (Å²) in [5.74, 6) is -0.731. The van der Waals surface area contributed by atoms with Crippen molar-refractivity contribution in [1.82, 2.24) is 0 Å². The third kappa shape index (κ3) is 3.47. The van der Waals surface area contributed by atoms with Crippen molar-refractivity contribution in [3.63, 3.8) is 0 Å². The second-order valence-corrected chi connectivity index (χ2v) is 3.30. The van der Waals surface area contributed by atoms with E-state index >= 15 is 0 Å². The third-order valence-electron chi connectivity index (χ3n) is 2.14. The molecule has 3 N–H and O–H groups in total. The minimum absolute atomic E-state index is 0.243. The Balaban J connectivity index is 2.31. The number of benzene rings is 1. The van der Waals surface area contributed by atoms with Crippen molar-refractivity contribution < 1.29 is 9.90 Å². The van der Waals surface area contributed by atoms with Crippen molar-refractivity contribution >= 4 is 11.7 Å². The van der Waals surface area contributed by atoms with Crippen LogP contribution in [0.5, 0.6) is 0 Å². The van der Waals surface area contributed by atoms with Gasteiger partial charge in [0, 0.05) is 12.1 Å². The van der Waals surface area contributed by atoms with Crippen LogP contribution in [0.25, 0.3) is 0 Å². The predicted molar refractivity (Wildman–Crippen MR) is 56.0 cm³/mol. The van der Waals surface area contributed by atoms with E-state index in [-0.39, 0.29) is 6.42 Å². The molecule has 0 heterocycles. The first-order chi connectivity index (χ1) is 6.70. The summed E-state index contributed by atoms with van der Waals surface area (Å²) in [5, 5.41) is 8.44. The van der Waals surface area contributed by atoms with Crippen LogP contribution in [0.15, 0.2) is 24.3 Å². The van der Waals surface area contributed by atoms with E-state index in [9.17, 15) is 4.79 Å². The second-order valence-electron chi connectivity index (χ2n) is 3.30. The number of carboxylic acid groups (broad SMARTS) is 1. The van der Waals surface area contributed by atoms with E-state index in [4.69, 9.17) is 10.8 Å². The highest BCUT2D eigenvalue weighted by atomic mass is 16.4. The Hall–Kier alpha value is -1.51. The van der Waals surface area contributed by atoms with E-state index in [0.717, 1.165) is 24.1 Å². The standard InChI is InChI=1S/C11H15NO2/c12-10-7-3-1-5-9(10)6-2-4-8-11(13)14/h1,3,5,7H,2,4,6,8,12H2,(H,13,14). The number of para-hydroxylation sites is 1. The van der Waals surface area contributed by atoms with Crippen molar-refractivity contribution in [2.45, 2.75) is 25.7 Å². The number of nitrogen functional groups attached to an aromatic ring is 1. The largest absolute Gasteiger partial charge is 0.481 e. The summed E-state index contributed by atoms with van der Waals surface area (Å²) in [4.78, 5) is 10.3. The molecular weight excluding hydrogens is 178 g/mol. The van der Waals surface area contributed by atoms with Gasteiger partial charge in [0.25, 0.3) is 0 Å². The molecule has 0 aliphatic carbocycles. The lowest BCUT2D eigenvalue weighted by Crippen LogP contribution is -1.97. The van der Waals surface area contributed by atoms with E-state index in [1.54, 1.807) is 0 Å². The molecule has 0 aliphatic rings. The monoisotopic (exact) mass is 193 g/mol. The zero-order chi connectivity index (χ0) is 10.4. The van der Waals surface area contributed by atoms with Gasteiger partial charge < -0.3 is 10.8 Å². The maximum absolute atomic E-state index is 10.3. The highest BCUT2D eigenvalue weighted by Crippen LogP contribution is 2.13. The molecule has 0 aromatic heterocycles. The average molecular weight is 193 g/mol. The molecule has 0 unspecified atom stereocenters. The van der Waals surface area contributed by atoms with Crippen LogP contribution in [0.3, 0.4) is 0 Å². The van der Waals surface area contributed by atoms with Crippen LogP contribution in [0, 0.1) is 0 Å². The Labute approximate surface area is 83.6 Å². The normalized spacial score (nSPS) is 10.0. The molecule has 0 radical (unpaired) electrons. The first-order valence-electron chi connectivity index (χ1n) is 4.75. The van der Waals surface area contributed by atoms with Gasteiger partial charge in [-0.25, -0.2) is 0 Å². The van der Waals surface area contributed by atoms with Crippen molar-refractivity contribution in [3.05, 3.63) is 29.8 Å². The summed E-state index contributed by atoms with van der Waals surface area (Å²) in [6.07, 6.45) is 2.69. The highest BCUT2D eigenvalue weighted by Gasteiger charge is 1.99. The predicted octanol–water partition coefficient (Wildman–Crippen LogP) is 2.07. The van der Waals surface area contributed by atoms with Crippen LogP contribution in [0.1, 0.15) is 24.8 Å². The number of rotatable bonds is 5. The maximum atomic E-state index is 10.3. The third-order valence-corrected chi connectivity index (χ3v) is 2.14. The zero-order valence-electron chi connectivity index (χ0n) is 8.07. The number of aliphatic carboxylic acids is 1. The number of unbranched alkanes of at least 4 members (excludes halogenated alkanes) is 1. The number of carbonyl (C=O) groups is 1. The molecule has 0 fully saturated rings. The SMILES string of the molecule is Nc1ccccc1CCCCC(=O)O. The highest BCUT2D eigenvalue weighted by molar-refractivity contribution is 5.66. The summed E-state index contributed by atoms with van der Waals surface area (Å²) in [6, 6.07) is 7.70. The van der Waals surface area contributed by atoms with Gasteiger partial charge in [-0.3, -0.25) is 4.79 Å². The van der Waals surface area contributed by atoms with Gasteiger partial charge in [-0.1, -0.05) is 18.2 Å². The minimum atomic E-state index is -0.731. The lowest BCUT2D eigenvalue weighted by molar-refractivity contribution is -0.137. The van der Waals surface area contributed by atoms with Crippen LogP contribution in [-0.2, 0) is 11.2 Å². The Kier molecular flexibility index (Phi) is 3.98. The Morgan fingerprint density at radius 3 is 2.64 bits per heavy atom. The van der Waals surface area contributed by atoms with Gasteiger partial charge in [0.1, 0.15) is 0 Å². The number of carboxylic acids is 1. The van der Waals surface area contributed by atoms with Crippen LogP contribution >= 0.6 is 0 Å². The maximum Gasteiger partial charge on any atom is 0.303 e. The molecule has 0 saturated heterocycles. The molecule has 3 heteroatoms.